The van der Waals surface area contributed by atoms with Crippen molar-refractivity contribution < 1.29 is 62.5 Å². The Kier molecular flexibility index (Phi) is 7.02. The van der Waals surface area contributed by atoms with Gasteiger partial charge in [0.2, 0.25) is 6.10 Å². The Hall–Kier alpha value is -2.08. The van der Waals surface area contributed by atoms with Gasteiger partial charge < -0.3 is 14.2 Å². The van der Waals surface area contributed by atoms with Crippen molar-refractivity contribution in [1.82, 2.24) is 0 Å². The van der Waals surface area contributed by atoms with Crippen molar-refractivity contribution in [1.29, 1.82) is 0 Å². The normalized spacial score (nSPS) is 30.7. The van der Waals surface area contributed by atoms with Gasteiger partial charge in [-0.25, -0.2) is 4.79 Å². The number of ether oxygens (including phenoxy) is 3. The highest BCUT2D eigenvalue weighted by Crippen LogP contribution is 2.51. The highest BCUT2D eigenvalue weighted by atomic mass is 32.2. The van der Waals surface area contributed by atoms with E-state index in [-0.39, 0.29) is 5.56 Å². The first-order valence-corrected chi connectivity index (χ1v) is 14.1. The van der Waals surface area contributed by atoms with Crippen LogP contribution in [-0.4, -0.2) is 105 Å². The standard InChI is InChI=1S/C18H20B3F3O11S2/c19-3-7-6(1-5(20)2-8(7)21)16(25)34-12-11-10(15-14(33-11)13(12)35-37(15,30)31)17(26)32-9(18(22,23)24)4-36(27,28)29/h1-2,9-15H,3-4,19-21H2,(H,27,28,29). The first-order chi connectivity index (χ1) is 16.9. The molecule has 3 aliphatic heterocycles. The molecule has 3 heterocycles. The van der Waals surface area contributed by atoms with E-state index in [1.54, 1.807) is 21.8 Å². The van der Waals surface area contributed by atoms with Gasteiger partial charge in [-0.2, -0.15) is 30.0 Å². The minimum atomic E-state index is -5.40. The largest absolute Gasteiger partial charge is 0.453 e. The number of halogens is 3. The van der Waals surface area contributed by atoms with Crippen molar-refractivity contribution in [3.8, 4) is 0 Å². The van der Waals surface area contributed by atoms with Gasteiger partial charge in [-0.05, 0) is 5.56 Å². The van der Waals surface area contributed by atoms with Gasteiger partial charge in [-0.3, -0.25) is 13.5 Å². The lowest BCUT2D eigenvalue weighted by molar-refractivity contribution is -0.218. The summed E-state index contributed by atoms with van der Waals surface area (Å²) in [5.74, 6) is -6.54. The van der Waals surface area contributed by atoms with Gasteiger partial charge in [0.1, 0.15) is 58.8 Å². The van der Waals surface area contributed by atoms with E-state index in [0.717, 1.165) is 10.9 Å². The fraction of sp³-hybridized carbons (Fsp3) is 0.556. The predicted molar refractivity (Wildman–Crippen MR) is 126 cm³/mol. The summed E-state index contributed by atoms with van der Waals surface area (Å²) in [6, 6.07) is 3.41. The van der Waals surface area contributed by atoms with Gasteiger partial charge in [0.25, 0.3) is 20.2 Å². The number of rotatable bonds is 7. The SMILES string of the molecule is BCc1c(B)cc(B)cc1C(=O)OC1C2OS(=O)(=O)C3C2OC1C3C(=O)OC(CS(=O)(=O)O)C(F)(F)F. The van der Waals surface area contributed by atoms with Crippen molar-refractivity contribution in [2.75, 3.05) is 5.75 Å². The second-order valence-electron chi connectivity index (χ2n) is 9.16. The second kappa shape index (κ2) is 9.29. The first-order valence-electron chi connectivity index (χ1n) is 11.1. The number of carbonyl (C=O) groups excluding carboxylic acids is 2. The summed E-state index contributed by atoms with van der Waals surface area (Å²) in [5, 5.41) is -1.75. The van der Waals surface area contributed by atoms with Gasteiger partial charge in [0.05, 0.1) is 5.56 Å². The van der Waals surface area contributed by atoms with Gasteiger partial charge in [0.15, 0.2) is 6.10 Å². The van der Waals surface area contributed by atoms with Crippen LogP contribution in [-0.2, 0) is 49.7 Å². The third kappa shape index (κ3) is 5.15. The van der Waals surface area contributed by atoms with E-state index >= 15 is 0 Å². The maximum absolute atomic E-state index is 13.3. The lowest BCUT2D eigenvalue weighted by Crippen LogP contribution is -2.52. The quantitative estimate of drug-likeness (QED) is 0.147. The average Bonchev–Trinajstić information content (AvgIpc) is 3.33. The molecule has 4 rings (SSSR count). The van der Waals surface area contributed by atoms with E-state index < -0.39 is 85.8 Å². The molecule has 1 aromatic carbocycles. The Morgan fingerprint density at radius 3 is 2.38 bits per heavy atom. The topological polar surface area (TPSA) is 160 Å². The van der Waals surface area contributed by atoms with Crippen molar-refractivity contribution in [3.63, 3.8) is 0 Å². The molecule has 0 radical (unpaired) electrons. The summed E-state index contributed by atoms with van der Waals surface area (Å²) in [6.45, 7) is 0. The van der Waals surface area contributed by atoms with Crippen LogP contribution < -0.4 is 10.9 Å². The molecule has 7 atom stereocenters. The fourth-order valence-electron chi connectivity index (χ4n) is 5.17. The Morgan fingerprint density at radius 2 is 1.81 bits per heavy atom. The van der Waals surface area contributed by atoms with Crippen molar-refractivity contribution >= 4 is 66.6 Å². The number of hydrogen-bond acceptors (Lipinski definition) is 10. The van der Waals surface area contributed by atoms with E-state index in [4.69, 9.17) is 18.2 Å². The number of esters is 2. The Balaban J connectivity index is 1.64. The molecule has 0 saturated carbocycles. The van der Waals surface area contributed by atoms with Crippen LogP contribution in [0.1, 0.15) is 15.9 Å². The molecular weight excluding hydrogens is 546 g/mol. The summed E-state index contributed by atoms with van der Waals surface area (Å²) >= 11 is 0. The third-order valence-electron chi connectivity index (χ3n) is 6.59. The molecule has 0 aliphatic carbocycles. The Morgan fingerprint density at radius 1 is 1.16 bits per heavy atom. The van der Waals surface area contributed by atoms with E-state index in [0.29, 0.717) is 11.9 Å². The van der Waals surface area contributed by atoms with Gasteiger partial charge in [-0.1, -0.05) is 29.4 Å². The van der Waals surface area contributed by atoms with Crippen molar-refractivity contribution in [2.45, 2.75) is 48.3 Å². The third-order valence-corrected chi connectivity index (χ3v) is 9.03. The van der Waals surface area contributed by atoms with Gasteiger partial charge >= 0.3 is 18.1 Å². The smallest absolute Gasteiger partial charge is 0.426 e. The highest BCUT2D eigenvalue weighted by molar-refractivity contribution is 7.87. The molecule has 0 aromatic heterocycles. The summed E-state index contributed by atoms with van der Waals surface area (Å²) in [5.41, 5.74) is 2.39. The zero-order chi connectivity index (χ0) is 27.7. The van der Waals surface area contributed by atoms with Crippen LogP contribution in [0.25, 0.3) is 0 Å². The molecule has 1 N–H and O–H groups in total. The minimum Gasteiger partial charge on any atom is -0.453 e. The zero-order valence-corrected chi connectivity index (χ0v) is 21.2. The molecule has 3 saturated heterocycles. The van der Waals surface area contributed by atoms with Crippen LogP contribution in [0.5, 0.6) is 0 Å². The van der Waals surface area contributed by atoms with E-state index in [9.17, 15) is 39.6 Å². The number of carbonyl (C=O) groups is 2. The first kappa shape index (κ1) is 27.9. The zero-order valence-electron chi connectivity index (χ0n) is 19.6. The predicted octanol–water partition coefficient (Wildman–Crippen LogP) is -4.28. The van der Waals surface area contributed by atoms with Crippen LogP contribution in [0.4, 0.5) is 13.2 Å². The monoisotopic (exact) mass is 566 g/mol. The maximum atomic E-state index is 13.3. The Labute approximate surface area is 212 Å². The number of benzene rings is 1. The Bertz CT molecular complexity index is 1350. The molecule has 0 amide bonds. The minimum absolute atomic E-state index is 0.185. The number of fused-ring (bicyclic) bond motifs is 1. The average molecular weight is 566 g/mol. The molecular formula is C18H20B3F3O11S2. The van der Waals surface area contributed by atoms with Crippen LogP contribution >= 0.6 is 0 Å². The fourth-order valence-corrected chi connectivity index (χ4v) is 7.64. The molecule has 3 fully saturated rings. The number of alkyl halides is 3. The van der Waals surface area contributed by atoms with E-state index in [2.05, 4.69) is 4.74 Å². The van der Waals surface area contributed by atoms with E-state index in [1.165, 1.54) is 0 Å². The molecule has 3 aliphatic rings. The van der Waals surface area contributed by atoms with Crippen LogP contribution in [0.3, 0.4) is 0 Å². The highest BCUT2D eigenvalue weighted by Gasteiger charge is 2.74. The molecule has 1 aromatic rings. The second-order valence-corrected chi connectivity index (χ2v) is 12.4. The lowest BCUT2D eigenvalue weighted by Gasteiger charge is -2.29. The molecule has 2 bridgehead atoms. The molecule has 7 unspecified atom stereocenters. The van der Waals surface area contributed by atoms with Crippen LogP contribution in [0.15, 0.2) is 12.1 Å². The molecule has 11 nitrogen and oxygen atoms in total. The summed E-state index contributed by atoms with van der Waals surface area (Å²) in [7, 11) is -4.45. The molecule has 0 spiro atoms. The van der Waals surface area contributed by atoms with Gasteiger partial charge in [-0.15, -0.1) is 0 Å². The van der Waals surface area contributed by atoms with Crippen molar-refractivity contribution in [2.24, 2.45) is 5.92 Å². The summed E-state index contributed by atoms with van der Waals surface area (Å²) in [6.07, 6.45) is -13.9. The van der Waals surface area contributed by atoms with Crippen LogP contribution in [0.2, 0.25) is 0 Å². The summed E-state index contributed by atoms with van der Waals surface area (Å²) in [4.78, 5) is 25.9. The van der Waals surface area contributed by atoms with Gasteiger partial charge in [0, 0.05) is 0 Å². The summed E-state index contributed by atoms with van der Waals surface area (Å²) < 4.78 is 116. The molecule has 37 heavy (non-hydrogen) atoms. The molecule has 19 heteroatoms. The van der Waals surface area contributed by atoms with E-state index in [1.807, 2.05) is 13.9 Å². The van der Waals surface area contributed by atoms with Crippen LogP contribution in [0, 0.1) is 5.92 Å². The number of hydrogen-bond donors (Lipinski definition) is 1. The van der Waals surface area contributed by atoms with Crippen molar-refractivity contribution in [3.05, 3.63) is 23.3 Å². The molecule has 200 valence electrons. The lowest BCUT2D eigenvalue weighted by atomic mass is 9.77. The maximum Gasteiger partial charge on any atom is 0.426 e.